The van der Waals surface area contributed by atoms with E-state index < -0.39 is 7.26 Å². The lowest BCUT2D eigenvalue weighted by Crippen LogP contribution is -3.00. The fourth-order valence-electron chi connectivity index (χ4n) is 3.51. The highest BCUT2D eigenvalue weighted by Gasteiger charge is 2.47. The number of rotatable bonds is 4. The maximum Gasteiger partial charge on any atom is 0.144 e. The van der Waals surface area contributed by atoms with Crippen LogP contribution in [-0.4, -0.2) is 0 Å². The third-order valence-electron chi connectivity index (χ3n) is 4.64. The average molecular weight is 436 g/mol. The zero-order chi connectivity index (χ0) is 17.8. The molecule has 0 aliphatic heterocycles. The van der Waals surface area contributed by atoms with E-state index in [9.17, 15) is 4.39 Å². The van der Waals surface area contributed by atoms with Gasteiger partial charge < -0.3 is 17.0 Å². The van der Waals surface area contributed by atoms with Gasteiger partial charge in [0.2, 0.25) is 0 Å². The third kappa shape index (κ3) is 3.60. The summed E-state index contributed by atoms with van der Waals surface area (Å²) < 4.78 is 13.7. The van der Waals surface area contributed by atoms with Crippen molar-refractivity contribution in [1.29, 1.82) is 0 Å². The molecule has 0 saturated carbocycles. The van der Waals surface area contributed by atoms with Crippen LogP contribution in [0.1, 0.15) is 0 Å². The summed E-state index contributed by atoms with van der Waals surface area (Å²) in [5.41, 5.74) is 0. The molecule has 0 atom stereocenters. The van der Waals surface area contributed by atoms with Crippen molar-refractivity contribution in [3.63, 3.8) is 0 Å². The van der Waals surface area contributed by atoms with Crippen molar-refractivity contribution in [3.8, 4) is 0 Å². The summed E-state index contributed by atoms with van der Waals surface area (Å²) in [6, 6.07) is 38.8. The maximum atomic E-state index is 13.7. The van der Waals surface area contributed by atoms with Crippen LogP contribution < -0.4 is 38.2 Å². The Hall–Kier alpha value is -2.28. The van der Waals surface area contributed by atoms with Gasteiger partial charge in [0.1, 0.15) is 34.3 Å². The van der Waals surface area contributed by atoms with E-state index >= 15 is 0 Å². The predicted octanol–water partition coefficient (Wildman–Crippen LogP) is 1.45. The Morgan fingerprint density at radius 2 is 0.704 bits per heavy atom. The van der Waals surface area contributed by atoms with E-state index in [0.717, 1.165) is 5.30 Å². The van der Waals surface area contributed by atoms with Gasteiger partial charge in [-0.15, -0.1) is 0 Å². The highest BCUT2D eigenvalue weighted by molar-refractivity contribution is 8.01. The number of benzene rings is 4. The van der Waals surface area contributed by atoms with E-state index in [-0.39, 0.29) is 22.8 Å². The summed E-state index contributed by atoms with van der Waals surface area (Å²) in [6.07, 6.45) is 0. The lowest BCUT2D eigenvalue weighted by atomic mass is 10.3. The van der Waals surface area contributed by atoms with Gasteiger partial charge in [-0.2, -0.15) is 0 Å². The first-order chi connectivity index (χ1) is 12.8. The molecule has 0 unspecified atom stereocenters. The van der Waals surface area contributed by atoms with Crippen molar-refractivity contribution in [3.05, 3.63) is 121 Å². The summed E-state index contributed by atoms with van der Waals surface area (Å²) in [6.45, 7) is 0. The van der Waals surface area contributed by atoms with Crippen molar-refractivity contribution in [2.45, 2.75) is 0 Å². The van der Waals surface area contributed by atoms with E-state index in [2.05, 4.69) is 72.8 Å². The molecule has 0 aromatic heterocycles. The zero-order valence-electron chi connectivity index (χ0n) is 14.7. The Morgan fingerprint density at radius 1 is 0.407 bits per heavy atom. The van der Waals surface area contributed by atoms with E-state index in [0.29, 0.717) is 0 Å². The Kier molecular flexibility index (Phi) is 6.21. The van der Waals surface area contributed by atoms with Crippen LogP contribution >= 0.6 is 7.26 Å². The molecule has 0 aliphatic rings. The summed E-state index contributed by atoms with van der Waals surface area (Å²) in [7, 11) is -2.09. The van der Waals surface area contributed by atoms with Gasteiger partial charge >= 0.3 is 0 Å². The molecule has 4 aromatic carbocycles. The quantitative estimate of drug-likeness (QED) is 0.425. The van der Waals surface area contributed by atoms with Crippen LogP contribution in [0, 0.1) is 5.82 Å². The second-order valence-electron chi connectivity index (χ2n) is 6.15. The van der Waals surface area contributed by atoms with E-state index in [1.165, 1.54) is 15.9 Å². The van der Waals surface area contributed by atoms with Crippen molar-refractivity contribution in [1.82, 2.24) is 0 Å². The number of halogens is 2. The van der Waals surface area contributed by atoms with Gasteiger partial charge in [0.15, 0.2) is 0 Å². The van der Waals surface area contributed by atoms with Crippen LogP contribution in [-0.2, 0) is 0 Å². The van der Waals surface area contributed by atoms with Crippen molar-refractivity contribution in [2.24, 2.45) is 0 Å². The van der Waals surface area contributed by atoms with Gasteiger partial charge in [0.05, 0.1) is 0 Å². The fourth-order valence-corrected chi connectivity index (χ4v) is 7.76. The molecule has 0 heterocycles. The van der Waals surface area contributed by atoms with E-state index in [4.69, 9.17) is 0 Å². The molecular weight excluding hydrogens is 417 g/mol. The van der Waals surface area contributed by atoms with Crippen molar-refractivity contribution < 1.29 is 21.4 Å². The monoisotopic (exact) mass is 435 g/mol. The Morgan fingerprint density at radius 3 is 1.04 bits per heavy atom. The van der Waals surface area contributed by atoms with Gasteiger partial charge in [0.25, 0.3) is 0 Å². The van der Waals surface area contributed by atoms with Crippen LogP contribution in [0.25, 0.3) is 0 Å². The van der Waals surface area contributed by atoms with Crippen LogP contribution in [0.3, 0.4) is 0 Å². The molecule has 0 nitrogen and oxygen atoms in total. The fraction of sp³-hybridized carbons (Fsp3) is 0. The van der Waals surface area contributed by atoms with Crippen molar-refractivity contribution >= 4 is 28.5 Å². The molecule has 0 bridgehead atoms. The summed E-state index contributed by atoms with van der Waals surface area (Å²) in [4.78, 5) is 0. The lowest BCUT2D eigenvalue weighted by molar-refractivity contribution is -0.00000555. The Labute approximate surface area is 170 Å². The molecule has 0 amide bonds. The van der Waals surface area contributed by atoms with Crippen LogP contribution in [0.2, 0.25) is 0 Å². The van der Waals surface area contributed by atoms with Gasteiger partial charge in [-0.3, -0.25) is 0 Å². The number of hydrogen-bond donors (Lipinski definition) is 0. The second kappa shape index (κ2) is 8.61. The standard InChI is InChI=1S/C24H19FP.BrH/c25-20-16-18-24(19-17-20)26(21-10-4-1-5-11-21,22-12-6-2-7-13-22)23-14-8-3-9-15-23;/h1-19H;1H/q+1;/p-1/i25-1;. The zero-order valence-corrected chi connectivity index (χ0v) is 17.2. The molecule has 0 aliphatic carbocycles. The van der Waals surface area contributed by atoms with Gasteiger partial charge in [0, 0.05) is 0 Å². The molecule has 0 spiro atoms. The molecular formula is C24H19BrFP. The van der Waals surface area contributed by atoms with E-state index in [1.807, 2.05) is 30.3 Å². The molecule has 4 aromatic rings. The largest absolute Gasteiger partial charge is 1.00 e. The molecule has 4 rings (SSSR count). The predicted molar refractivity (Wildman–Crippen MR) is 111 cm³/mol. The second-order valence-corrected chi connectivity index (χ2v) is 9.56. The average Bonchev–Trinajstić information content (AvgIpc) is 2.72. The SMILES string of the molecule is [18F]c1ccc([P+](c2ccccc2)(c2ccccc2)c2ccccc2)cc1.[Br-]. The highest BCUT2D eigenvalue weighted by atomic mass is 79.9. The number of hydrogen-bond acceptors (Lipinski definition) is 0. The minimum Gasteiger partial charge on any atom is -1.00 e. The minimum absolute atomic E-state index is 0. The maximum absolute atomic E-state index is 13.7. The molecule has 3 heteroatoms. The Bertz CT molecular complexity index is 874. The van der Waals surface area contributed by atoms with E-state index in [1.54, 1.807) is 12.1 Å². The van der Waals surface area contributed by atoms with Crippen molar-refractivity contribution in [2.75, 3.05) is 0 Å². The minimum atomic E-state index is -2.09. The molecule has 0 radical (unpaired) electrons. The Balaban J connectivity index is 0.00000210. The third-order valence-corrected chi connectivity index (χ3v) is 8.94. The van der Waals surface area contributed by atoms with Gasteiger partial charge in [-0.25, -0.2) is 4.39 Å². The smallest absolute Gasteiger partial charge is 0.144 e. The summed E-state index contributed by atoms with van der Waals surface area (Å²) >= 11 is 0. The van der Waals surface area contributed by atoms with Crippen LogP contribution in [0.4, 0.5) is 4.39 Å². The first kappa shape index (κ1) is 19.5. The van der Waals surface area contributed by atoms with Gasteiger partial charge in [-0.1, -0.05) is 54.6 Å². The normalized spacial score (nSPS) is 10.9. The first-order valence-corrected chi connectivity index (χ1v) is 10.4. The van der Waals surface area contributed by atoms with Crippen LogP contribution in [0.5, 0.6) is 0 Å². The summed E-state index contributed by atoms with van der Waals surface area (Å²) in [5, 5.41) is 4.96. The lowest BCUT2D eigenvalue weighted by Gasteiger charge is -2.27. The summed E-state index contributed by atoms with van der Waals surface area (Å²) in [5.74, 6) is -0.207. The molecule has 134 valence electrons. The topological polar surface area (TPSA) is 0 Å². The first-order valence-electron chi connectivity index (χ1n) is 8.64. The van der Waals surface area contributed by atoms with Crippen LogP contribution in [0.15, 0.2) is 115 Å². The molecule has 0 saturated heterocycles. The molecule has 27 heavy (non-hydrogen) atoms. The molecule has 0 fully saturated rings. The van der Waals surface area contributed by atoms with Gasteiger partial charge in [-0.05, 0) is 60.7 Å². The molecule has 0 N–H and O–H groups in total. The highest BCUT2D eigenvalue weighted by Crippen LogP contribution is 2.54.